The molecule has 1 aliphatic heterocycles. The van der Waals surface area contributed by atoms with Crippen LogP contribution in [0.2, 0.25) is 0 Å². The van der Waals surface area contributed by atoms with E-state index < -0.39 is 12.2 Å². The summed E-state index contributed by atoms with van der Waals surface area (Å²) in [5.74, 6) is 0.839. The van der Waals surface area contributed by atoms with Gasteiger partial charge in [-0.1, -0.05) is 12.1 Å². The lowest BCUT2D eigenvalue weighted by Gasteiger charge is -2.25. The fraction of sp³-hybridized carbons (Fsp3) is 0.429. The lowest BCUT2D eigenvalue weighted by Crippen LogP contribution is -2.25. The van der Waals surface area contributed by atoms with Crippen LogP contribution < -0.4 is 14.2 Å². The van der Waals surface area contributed by atoms with Gasteiger partial charge in [-0.05, 0) is 35.4 Å². The molecule has 0 unspecified atom stereocenters. The smallest absolute Gasteiger partial charge is 0.161 e. The van der Waals surface area contributed by atoms with Crippen molar-refractivity contribution in [1.29, 1.82) is 0 Å². The number of ether oxygens (including phenoxy) is 4. The number of methoxy groups -OCH3 is 3. The SMILES string of the molecule is COc1cc([C@@H]2OC[C@H]([C@H](O)c3ccc(OC)c(OC)c3)[C@H]2CO)ccc1O. The van der Waals surface area contributed by atoms with Gasteiger partial charge >= 0.3 is 0 Å². The number of aromatic hydroxyl groups is 1. The molecule has 1 saturated heterocycles. The number of phenolic OH excluding ortho intramolecular Hbond substituents is 1. The number of hydrogen-bond acceptors (Lipinski definition) is 7. The first-order valence-electron chi connectivity index (χ1n) is 9.03. The maximum atomic E-state index is 11.0. The average molecular weight is 390 g/mol. The van der Waals surface area contributed by atoms with Crippen molar-refractivity contribution < 1.29 is 34.3 Å². The van der Waals surface area contributed by atoms with Crippen molar-refractivity contribution in [2.75, 3.05) is 34.5 Å². The highest BCUT2D eigenvalue weighted by molar-refractivity contribution is 5.44. The van der Waals surface area contributed by atoms with Crippen LogP contribution in [0.3, 0.4) is 0 Å². The second-order valence-corrected chi connectivity index (χ2v) is 6.75. The van der Waals surface area contributed by atoms with Gasteiger partial charge in [0.2, 0.25) is 0 Å². The molecule has 3 rings (SSSR count). The lowest BCUT2D eigenvalue weighted by molar-refractivity contribution is 0.0632. The number of phenols is 1. The zero-order chi connectivity index (χ0) is 20.3. The zero-order valence-electron chi connectivity index (χ0n) is 16.2. The molecule has 1 aliphatic rings. The van der Waals surface area contributed by atoms with Crippen LogP contribution in [0.5, 0.6) is 23.0 Å². The summed E-state index contributed by atoms with van der Waals surface area (Å²) in [6.45, 7) is 0.136. The molecule has 0 spiro atoms. The molecule has 4 atom stereocenters. The van der Waals surface area contributed by atoms with E-state index in [0.717, 1.165) is 5.56 Å². The van der Waals surface area contributed by atoms with Gasteiger partial charge < -0.3 is 34.3 Å². The van der Waals surface area contributed by atoms with E-state index in [1.165, 1.54) is 20.3 Å². The Morgan fingerprint density at radius 2 is 1.71 bits per heavy atom. The van der Waals surface area contributed by atoms with E-state index in [9.17, 15) is 15.3 Å². The Morgan fingerprint density at radius 3 is 2.36 bits per heavy atom. The van der Waals surface area contributed by atoms with Gasteiger partial charge in [0.25, 0.3) is 0 Å². The quantitative estimate of drug-likeness (QED) is 0.668. The lowest BCUT2D eigenvalue weighted by atomic mass is 9.82. The highest BCUT2D eigenvalue weighted by atomic mass is 16.5. The van der Waals surface area contributed by atoms with Crippen molar-refractivity contribution in [2.24, 2.45) is 11.8 Å². The van der Waals surface area contributed by atoms with Gasteiger partial charge in [-0.25, -0.2) is 0 Å². The first kappa shape index (κ1) is 20.3. The zero-order valence-corrected chi connectivity index (χ0v) is 16.2. The molecule has 7 nitrogen and oxygen atoms in total. The second-order valence-electron chi connectivity index (χ2n) is 6.75. The fourth-order valence-corrected chi connectivity index (χ4v) is 3.74. The standard InChI is InChI=1S/C21H26O7/c1-25-17-7-5-12(8-19(17)27-3)20(24)15-11-28-21(14(15)10-22)13-4-6-16(23)18(9-13)26-2/h4-9,14-15,20-24H,10-11H2,1-3H3/t14-,15+,20-,21+/m1/s1. The van der Waals surface area contributed by atoms with Crippen LogP contribution in [-0.2, 0) is 4.74 Å². The molecule has 1 heterocycles. The summed E-state index contributed by atoms with van der Waals surface area (Å²) in [6.07, 6.45) is -1.26. The van der Waals surface area contributed by atoms with Crippen LogP contribution in [0.4, 0.5) is 0 Å². The van der Waals surface area contributed by atoms with Crippen LogP contribution in [0.1, 0.15) is 23.3 Å². The Balaban J connectivity index is 1.85. The number of aliphatic hydroxyl groups is 2. The van der Waals surface area contributed by atoms with E-state index in [0.29, 0.717) is 22.8 Å². The van der Waals surface area contributed by atoms with Crippen LogP contribution in [0.25, 0.3) is 0 Å². The predicted molar refractivity (Wildman–Crippen MR) is 102 cm³/mol. The average Bonchev–Trinajstić information content (AvgIpc) is 3.17. The van der Waals surface area contributed by atoms with Crippen LogP contribution in [-0.4, -0.2) is 49.9 Å². The van der Waals surface area contributed by atoms with Crippen molar-refractivity contribution in [3.63, 3.8) is 0 Å². The van der Waals surface area contributed by atoms with Gasteiger partial charge in [0.05, 0.1) is 40.1 Å². The van der Waals surface area contributed by atoms with E-state index in [2.05, 4.69) is 0 Å². The van der Waals surface area contributed by atoms with Crippen LogP contribution in [0, 0.1) is 11.8 Å². The fourth-order valence-electron chi connectivity index (χ4n) is 3.74. The van der Waals surface area contributed by atoms with Gasteiger partial charge in [0, 0.05) is 18.4 Å². The minimum Gasteiger partial charge on any atom is -0.504 e. The highest BCUT2D eigenvalue weighted by Gasteiger charge is 2.42. The maximum Gasteiger partial charge on any atom is 0.161 e. The Hall–Kier alpha value is -2.48. The van der Waals surface area contributed by atoms with Crippen molar-refractivity contribution >= 4 is 0 Å². The molecule has 2 aromatic carbocycles. The van der Waals surface area contributed by atoms with Crippen molar-refractivity contribution in [3.8, 4) is 23.0 Å². The van der Waals surface area contributed by atoms with Gasteiger partial charge in [-0.3, -0.25) is 0 Å². The number of hydrogen-bond donors (Lipinski definition) is 3. The molecule has 1 fully saturated rings. The number of rotatable bonds is 7. The molecule has 0 bridgehead atoms. The topological polar surface area (TPSA) is 97.6 Å². The summed E-state index contributed by atoms with van der Waals surface area (Å²) < 4.78 is 21.6. The van der Waals surface area contributed by atoms with Crippen LogP contribution in [0.15, 0.2) is 36.4 Å². The molecule has 0 amide bonds. The minimum absolute atomic E-state index is 0.0340. The van der Waals surface area contributed by atoms with Gasteiger partial charge in [-0.15, -0.1) is 0 Å². The third kappa shape index (κ3) is 3.73. The van der Waals surface area contributed by atoms with E-state index in [1.54, 1.807) is 37.4 Å². The molecule has 2 aromatic rings. The normalized spacial score (nSPS) is 22.7. The summed E-state index contributed by atoms with van der Waals surface area (Å²) in [5.41, 5.74) is 1.43. The predicted octanol–water partition coefficient (Wildman–Crippen LogP) is 2.45. The summed E-state index contributed by atoms with van der Waals surface area (Å²) in [7, 11) is 4.57. The van der Waals surface area contributed by atoms with Gasteiger partial charge in [-0.2, -0.15) is 0 Å². The molecule has 0 saturated carbocycles. The highest BCUT2D eigenvalue weighted by Crippen LogP contribution is 2.45. The van der Waals surface area contributed by atoms with E-state index in [4.69, 9.17) is 18.9 Å². The Morgan fingerprint density at radius 1 is 1.00 bits per heavy atom. The molecule has 152 valence electrons. The molecule has 0 radical (unpaired) electrons. The minimum atomic E-state index is -0.846. The van der Waals surface area contributed by atoms with E-state index >= 15 is 0 Å². The Labute approximate surface area is 164 Å². The van der Waals surface area contributed by atoms with Crippen molar-refractivity contribution in [2.45, 2.75) is 12.2 Å². The van der Waals surface area contributed by atoms with E-state index in [1.807, 2.05) is 0 Å². The summed E-state index contributed by atoms with van der Waals surface area (Å²) in [4.78, 5) is 0. The first-order chi connectivity index (χ1) is 13.5. The number of benzene rings is 2. The molecule has 7 heteroatoms. The molecular weight excluding hydrogens is 364 g/mol. The summed E-state index contributed by atoms with van der Waals surface area (Å²) in [5, 5.41) is 30.8. The van der Waals surface area contributed by atoms with Crippen LogP contribution >= 0.6 is 0 Å². The third-order valence-electron chi connectivity index (χ3n) is 5.30. The second kappa shape index (κ2) is 8.68. The van der Waals surface area contributed by atoms with Crippen molar-refractivity contribution in [1.82, 2.24) is 0 Å². The third-order valence-corrected chi connectivity index (χ3v) is 5.30. The van der Waals surface area contributed by atoms with Gasteiger partial charge in [0.15, 0.2) is 23.0 Å². The summed E-state index contributed by atoms with van der Waals surface area (Å²) in [6, 6.07) is 10.2. The first-order valence-corrected chi connectivity index (χ1v) is 9.03. The maximum absolute atomic E-state index is 11.0. The monoisotopic (exact) mass is 390 g/mol. The Bertz CT molecular complexity index is 807. The number of aliphatic hydroxyl groups excluding tert-OH is 2. The molecule has 28 heavy (non-hydrogen) atoms. The summed E-state index contributed by atoms with van der Waals surface area (Å²) >= 11 is 0. The van der Waals surface area contributed by atoms with E-state index in [-0.39, 0.29) is 30.8 Å². The largest absolute Gasteiger partial charge is 0.504 e. The van der Waals surface area contributed by atoms with Gasteiger partial charge in [0.1, 0.15) is 0 Å². The van der Waals surface area contributed by atoms with Crippen molar-refractivity contribution in [3.05, 3.63) is 47.5 Å². The molecule has 0 aliphatic carbocycles. The molecule has 3 N–H and O–H groups in total. The Kier molecular flexibility index (Phi) is 6.28. The molecule has 0 aromatic heterocycles. The molecular formula is C21H26O7.